The van der Waals surface area contributed by atoms with Crippen molar-refractivity contribution < 1.29 is 18.0 Å². The van der Waals surface area contributed by atoms with E-state index in [1.165, 1.54) is 17.0 Å². The lowest BCUT2D eigenvalue weighted by Crippen LogP contribution is -2.53. The highest BCUT2D eigenvalue weighted by Gasteiger charge is 2.34. The van der Waals surface area contributed by atoms with Gasteiger partial charge in [0.15, 0.2) is 0 Å². The van der Waals surface area contributed by atoms with Crippen molar-refractivity contribution in [2.75, 3.05) is 17.4 Å². The summed E-state index contributed by atoms with van der Waals surface area (Å²) in [6.07, 6.45) is 0.917. The lowest BCUT2D eigenvalue weighted by molar-refractivity contribution is -0.140. The monoisotopic (exact) mass is 651 g/mol. The number of nitrogens with zero attached hydrogens (tertiary/aromatic N) is 2. The molecule has 1 atom stereocenters. The lowest BCUT2D eigenvalue weighted by Gasteiger charge is -2.34. The molecule has 230 valence electrons. The van der Waals surface area contributed by atoms with Crippen molar-refractivity contribution >= 4 is 50.7 Å². The van der Waals surface area contributed by atoms with Gasteiger partial charge in [0.1, 0.15) is 12.6 Å². The van der Waals surface area contributed by atoms with Crippen molar-refractivity contribution in [3.63, 3.8) is 0 Å². The Balaban J connectivity index is 1.80. The molecule has 0 aliphatic heterocycles. The largest absolute Gasteiger partial charge is 0.354 e. The van der Waals surface area contributed by atoms with Crippen LogP contribution >= 0.6 is 23.2 Å². The summed E-state index contributed by atoms with van der Waals surface area (Å²) in [4.78, 5) is 29.6. The molecule has 0 saturated carbocycles. The summed E-state index contributed by atoms with van der Waals surface area (Å²) in [5.74, 6) is -0.912. The van der Waals surface area contributed by atoms with Gasteiger partial charge in [-0.1, -0.05) is 102 Å². The number of benzene rings is 4. The van der Waals surface area contributed by atoms with E-state index in [2.05, 4.69) is 5.32 Å². The summed E-state index contributed by atoms with van der Waals surface area (Å²) in [5, 5.41) is 3.68. The van der Waals surface area contributed by atoms with Crippen LogP contribution in [0.2, 0.25) is 10.0 Å². The number of sulfonamides is 1. The van der Waals surface area contributed by atoms with Gasteiger partial charge in [0, 0.05) is 29.6 Å². The summed E-state index contributed by atoms with van der Waals surface area (Å²) >= 11 is 12.7. The van der Waals surface area contributed by atoms with Crippen molar-refractivity contribution in [2.45, 2.75) is 44.2 Å². The number of amides is 2. The van der Waals surface area contributed by atoms with E-state index in [4.69, 9.17) is 23.2 Å². The first-order valence-electron chi connectivity index (χ1n) is 14.3. The number of para-hydroxylation sites is 1. The van der Waals surface area contributed by atoms with Crippen molar-refractivity contribution in [1.82, 2.24) is 10.2 Å². The number of hydrogen-bond acceptors (Lipinski definition) is 4. The molecule has 0 fully saturated rings. The Morgan fingerprint density at radius 3 is 2.11 bits per heavy atom. The first-order chi connectivity index (χ1) is 21.1. The summed E-state index contributed by atoms with van der Waals surface area (Å²) in [7, 11) is -4.16. The van der Waals surface area contributed by atoms with Crippen molar-refractivity contribution in [1.29, 1.82) is 0 Å². The minimum atomic E-state index is -4.16. The van der Waals surface area contributed by atoms with Gasteiger partial charge in [0.25, 0.3) is 10.0 Å². The van der Waals surface area contributed by atoms with Crippen LogP contribution in [-0.4, -0.2) is 44.3 Å². The molecule has 0 saturated heterocycles. The fourth-order valence-corrected chi connectivity index (χ4v) is 6.60. The predicted octanol–water partition coefficient (Wildman–Crippen LogP) is 6.66. The third-order valence-corrected chi connectivity index (χ3v) is 9.48. The zero-order valence-corrected chi connectivity index (χ0v) is 26.9. The number of halogens is 2. The highest BCUT2D eigenvalue weighted by Crippen LogP contribution is 2.27. The van der Waals surface area contributed by atoms with E-state index < -0.39 is 28.5 Å². The maximum atomic E-state index is 14.4. The molecule has 10 heteroatoms. The van der Waals surface area contributed by atoms with Gasteiger partial charge in [-0.3, -0.25) is 13.9 Å². The maximum absolute atomic E-state index is 14.4. The van der Waals surface area contributed by atoms with Crippen LogP contribution in [0.1, 0.15) is 30.0 Å². The predicted molar refractivity (Wildman–Crippen MR) is 176 cm³/mol. The van der Waals surface area contributed by atoms with Crippen LogP contribution in [-0.2, 0) is 32.6 Å². The minimum absolute atomic E-state index is 0.0426. The second-order valence-corrected chi connectivity index (χ2v) is 13.1. The van der Waals surface area contributed by atoms with Crippen LogP contribution in [0, 0.1) is 6.92 Å². The highest BCUT2D eigenvalue weighted by molar-refractivity contribution is 7.92. The van der Waals surface area contributed by atoms with Crippen LogP contribution in [0.3, 0.4) is 0 Å². The Morgan fingerprint density at radius 2 is 1.50 bits per heavy atom. The number of hydrogen-bond donors (Lipinski definition) is 1. The zero-order chi connectivity index (χ0) is 31.7. The van der Waals surface area contributed by atoms with Gasteiger partial charge in [-0.15, -0.1) is 0 Å². The van der Waals surface area contributed by atoms with E-state index in [-0.39, 0.29) is 23.8 Å². The maximum Gasteiger partial charge on any atom is 0.264 e. The van der Waals surface area contributed by atoms with Gasteiger partial charge < -0.3 is 10.2 Å². The summed E-state index contributed by atoms with van der Waals surface area (Å²) in [5.41, 5.74) is 2.63. The molecule has 0 unspecified atom stereocenters. The lowest BCUT2D eigenvalue weighted by atomic mass is 10.0. The fraction of sp³-hybridized carbons (Fsp3) is 0.235. The molecule has 0 aliphatic rings. The molecular weight excluding hydrogens is 617 g/mol. The van der Waals surface area contributed by atoms with Crippen molar-refractivity contribution in [3.8, 4) is 0 Å². The van der Waals surface area contributed by atoms with E-state index in [0.717, 1.165) is 15.4 Å². The first-order valence-corrected chi connectivity index (χ1v) is 16.5. The topological polar surface area (TPSA) is 86.8 Å². The second kappa shape index (κ2) is 15.2. The number of rotatable bonds is 13. The molecule has 4 aromatic carbocycles. The fourth-order valence-electron chi connectivity index (χ4n) is 4.71. The van der Waals surface area contributed by atoms with Crippen LogP contribution in [0.25, 0.3) is 0 Å². The SMILES string of the molecule is CCCNC(=O)[C@H](Cc1ccccc1)N(Cc1ccc(Cl)cc1Cl)C(=O)CN(c1ccccc1)S(=O)(=O)c1ccc(C)cc1. The molecule has 0 aliphatic carbocycles. The number of nitrogens with one attached hydrogen (secondary N) is 1. The van der Waals surface area contributed by atoms with Crippen molar-refractivity contribution in [2.24, 2.45) is 0 Å². The molecule has 1 N–H and O–H groups in total. The molecule has 7 nitrogen and oxygen atoms in total. The highest BCUT2D eigenvalue weighted by atomic mass is 35.5. The zero-order valence-electron chi connectivity index (χ0n) is 24.6. The summed E-state index contributed by atoms with van der Waals surface area (Å²) < 4.78 is 29.1. The molecular formula is C34H35Cl2N3O4S. The summed E-state index contributed by atoms with van der Waals surface area (Å²) in [6.45, 7) is 3.64. The average molecular weight is 653 g/mol. The van der Waals surface area contributed by atoms with Crippen molar-refractivity contribution in [3.05, 3.63) is 130 Å². The van der Waals surface area contributed by atoms with Gasteiger partial charge in [-0.05, 0) is 60.9 Å². The quantitative estimate of drug-likeness (QED) is 0.175. The van der Waals surface area contributed by atoms with E-state index >= 15 is 0 Å². The molecule has 4 rings (SSSR count). The molecule has 0 radical (unpaired) electrons. The van der Waals surface area contributed by atoms with Gasteiger partial charge in [-0.25, -0.2) is 8.42 Å². The van der Waals surface area contributed by atoms with Gasteiger partial charge in [-0.2, -0.15) is 0 Å². The second-order valence-electron chi connectivity index (χ2n) is 10.4. The standard InChI is InChI=1S/C34H35Cl2N3O4S/c1-3-20-37-34(41)32(21-26-10-6-4-7-11-26)38(23-27-16-17-28(35)22-31(27)36)33(40)24-39(29-12-8-5-9-13-29)44(42,43)30-18-14-25(2)15-19-30/h4-19,22,32H,3,20-21,23-24H2,1-2H3,(H,37,41)/t32-/m0/s1. The third kappa shape index (κ3) is 8.40. The van der Waals surface area contributed by atoms with E-state index in [9.17, 15) is 18.0 Å². The average Bonchev–Trinajstić information content (AvgIpc) is 3.02. The molecule has 0 bridgehead atoms. The first kappa shape index (κ1) is 33.1. The Morgan fingerprint density at radius 1 is 0.864 bits per heavy atom. The molecule has 0 heterocycles. The summed E-state index contributed by atoms with van der Waals surface area (Å²) in [6, 6.07) is 28.3. The normalized spacial score (nSPS) is 11.9. The third-order valence-electron chi connectivity index (χ3n) is 7.11. The minimum Gasteiger partial charge on any atom is -0.354 e. The van der Waals surface area contributed by atoms with Crippen LogP contribution < -0.4 is 9.62 Å². The van der Waals surface area contributed by atoms with Crippen LogP contribution in [0.15, 0.2) is 108 Å². The van der Waals surface area contributed by atoms with E-state index in [1.54, 1.807) is 60.7 Å². The Labute approximate surface area is 269 Å². The van der Waals surface area contributed by atoms with Gasteiger partial charge in [0.2, 0.25) is 11.8 Å². The van der Waals surface area contributed by atoms with Crippen LogP contribution in [0.5, 0.6) is 0 Å². The number of carbonyl (C=O) groups is 2. The molecule has 0 aromatic heterocycles. The Bertz CT molecular complexity index is 1670. The molecule has 2 amide bonds. The van der Waals surface area contributed by atoms with E-state index in [0.29, 0.717) is 34.3 Å². The Hall–Kier alpha value is -3.85. The molecule has 44 heavy (non-hydrogen) atoms. The number of aryl methyl sites for hydroxylation is 1. The van der Waals surface area contributed by atoms with Crippen LogP contribution in [0.4, 0.5) is 5.69 Å². The van der Waals surface area contributed by atoms with Gasteiger partial charge in [0.05, 0.1) is 10.6 Å². The van der Waals surface area contributed by atoms with Gasteiger partial charge >= 0.3 is 0 Å². The number of anilines is 1. The Kier molecular flexibility index (Phi) is 11.4. The molecule has 0 spiro atoms. The smallest absolute Gasteiger partial charge is 0.264 e. The molecule has 4 aromatic rings. The number of carbonyl (C=O) groups excluding carboxylic acids is 2. The van der Waals surface area contributed by atoms with E-state index in [1.807, 2.05) is 44.2 Å².